The maximum atomic E-state index is 13.6. The molecule has 0 radical (unpaired) electrons. The van der Waals surface area contributed by atoms with Gasteiger partial charge in [0, 0.05) is 18.5 Å². The Kier molecular flexibility index (Phi) is 6.75. The molecule has 3 aromatic carbocycles. The second-order valence-corrected chi connectivity index (χ2v) is 8.97. The van der Waals surface area contributed by atoms with E-state index in [2.05, 4.69) is 42.6 Å². The molecular formula is C27H28F3NO2. The lowest BCUT2D eigenvalue weighted by Crippen LogP contribution is -2.29. The Balaban J connectivity index is 1.47. The van der Waals surface area contributed by atoms with E-state index in [9.17, 15) is 18.0 Å². The van der Waals surface area contributed by atoms with Crippen LogP contribution in [0.15, 0.2) is 60.7 Å². The maximum absolute atomic E-state index is 13.6. The number of aliphatic carboxylic acids is 1. The molecule has 1 aliphatic rings. The summed E-state index contributed by atoms with van der Waals surface area (Å²) >= 11 is 0. The molecule has 2 N–H and O–H groups in total. The van der Waals surface area contributed by atoms with E-state index in [1.165, 1.54) is 28.5 Å². The monoisotopic (exact) mass is 455 g/mol. The van der Waals surface area contributed by atoms with Gasteiger partial charge in [-0.25, -0.2) is 0 Å². The third-order valence-electron chi connectivity index (χ3n) is 6.73. The van der Waals surface area contributed by atoms with Crippen molar-refractivity contribution in [2.24, 2.45) is 0 Å². The summed E-state index contributed by atoms with van der Waals surface area (Å²) in [5, 5.41) is 14.9. The first kappa shape index (κ1) is 23.3. The minimum absolute atomic E-state index is 0.0471. The molecule has 1 aliphatic carbocycles. The van der Waals surface area contributed by atoms with Crippen molar-refractivity contribution < 1.29 is 23.1 Å². The predicted octanol–water partition coefficient (Wildman–Crippen LogP) is 6.86. The van der Waals surface area contributed by atoms with Gasteiger partial charge in [-0.2, -0.15) is 13.2 Å². The van der Waals surface area contributed by atoms with Crippen LogP contribution in [0.5, 0.6) is 0 Å². The maximum Gasteiger partial charge on any atom is 0.416 e. The van der Waals surface area contributed by atoms with Crippen LogP contribution in [-0.4, -0.2) is 17.1 Å². The fourth-order valence-corrected chi connectivity index (χ4v) is 5.08. The highest BCUT2D eigenvalue weighted by molar-refractivity contribution is 5.86. The zero-order valence-electron chi connectivity index (χ0n) is 18.5. The summed E-state index contributed by atoms with van der Waals surface area (Å²) in [6.45, 7) is 2.13. The third kappa shape index (κ3) is 5.38. The van der Waals surface area contributed by atoms with Gasteiger partial charge >= 0.3 is 12.1 Å². The molecule has 0 heterocycles. The highest BCUT2D eigenvalue weighted by Gasteiger charge is 2.35. The molecule has 0 aromatic heterocycles. The molecule has 3 aromatic rings. The van der Waals surface area contributed by atoms with Crippen LogP contribution in [0.4, 0.5) is 13.2 Å². The SMILES string of the molecule is C[C@@H](N[C@H]1CC[C@H](c2ccc(CCC(=O)O)c(C(F)(F)F)c2)C1)c1cccc2ccccc12. The summed E-state index contributed by atoms with van der Waals surface area (Å²) < 4.78 is 40.9. The zero-order valence-corrected chi connectivity index (χ0v) is 18.5. The molecule has 1 saturated carbocycles. The van der Waals surface area contributed by atoms with Gasteiger partial charge in [-0.3, -0.25) is 4.79 Å². The number of hydrogen-bond acceptors (Lipinski definition) is 2. The highest BCUT2D eigenvalue weighted by atomic mass is 19.4. The molecule has 0 amide bonds. The second-order valence-electron chi connectivity index (χ2n) is 8.97. The van der Waals surface area contributed by atoms with E-state index in [1.54, 1.807) is 6.07 Å². The lowest BCUT2D eigenvalue weighted by Gasteiger charge is -2.22. The summed E-state index contributed by atoms with van der Waals surface area (Å²) in [6.07, 6.45) is -2.43. The van der Waals surface area contributed by atoms with Crippen molar-refractivity contribution in [3.8, 4) is 0 Å². The number of halogens is 3. The van der Waals surface area contributed by atoms with Gasteiger partial charge in [0.2, 0.25) is 0 Å². The highest BCUT2D eigenvalue weighted by Crippen LogP contribution is 2.40. The Hall–Kier alpha value is -2.86. The number of aryl methyl sites for hydroxylation is 1. The number of rotatable bonds is 7. The van der Waals surface area contributed by atoms with Crippen molar-refractivity contribution in [2.45, 2.75) is 63.2 Å². The topological polar surface area (TPSA) is 49.3 Å². The van der Waals surface area contributed by atoms with Crippen molar-refractivity contribution >= 4 is 16.7 Å². The Labute approximate surface area is 191 Å². The summed E-state index contributed by atoms with van der Waals surface area (Å²) in [6, 6.07) is 19.3. The van der Waals surface area contributed by atoms with Gasteiger partial charge < -0.3 is 10.4 Å². The summed E-state index contributed by atoms with van der Waals surface area (Å²) in [5.74, 6) is -1.05. The van der Waals surface area contributed by atoms with Gasteiger partial charge in [0.25, 0.3) is 0 Å². The molecule has 33 heavy (non-hydrogen) atoms. The smallest absolute Gasteiger partial charge is 0.416 e. The molecule has 0 aliphatic heterocycles. The van der Waals surface area contributed by atoms with E-state index in [1.807, 2.05) is 12.1 Å². The molecule has 174 valence electrons. The normalized spacial score (nSPS) is 19.6. The predicted molar refractivity (Wildman–Crippen MR) is 123 cm³/mol. The Bertz CT molecular complexity index is 1140. The largest absolute Gasteiger partial charge is 0.481 e. The van der Waals surface area contributed by atoms with E-state index in [0.29, 0.717) is 5.56 Å². The number of hydrogen-bond donors (Lipinski definition) is 2. The standard InChI is InChI=1S/C27H28F3NO2/c1-17(23-8-4-6-18-5-2-3-7-24(18)23)31-22-13-11-20(15-22)21-10-9-19(12-14-26(32)33)25(16-21)27(28,29)30/h2-10,16-17,20,22,31H,11-15H2,1H3,(H,32,33)/t17-,20+,22+/m1/s1. The third-order valence-corrected chi connectivity index (χ3v) is 6.73. The van der Waals surface area contributed by atoms with Crippen LogP contribution in [0, 0.1) is 0 Å². The Morgan fingerprint density at radius 2 is 1.85 bits per heavy atom. The van der Waals surface area contributed by atoms with Crippen molar-refractivity contribution in [3.63, 3.8) is 0 Å². The number of alkyl halides is 3. The van der Waals surface area contributed by atoms with Crippen LogP contribution < -0.4 is 5.32 Å². The van der Waals surface area contributed by atoms with E-state index in [0.717, 1.165) is 19.3 Å². The van der Waals surface area contributed by atoms with Crippen molar-refractivity contribution in [1.29, 1.82) is 0 Å². The Morgan fingerprint density at radius 3 is 2.61 bits per heavy atom. The molecule has 0 unspecified atom stereocenters. The van der Waals surface area contributed by atoms with E-state index >= 15 is 0 Å². The number of nitrogens with one attached hydrogen (secondary N) is 1. The molecular weight excluding hydrogens is 427 g/mol. The zero-order chi connectivity index (χ0) is 23.6. The summed E-state index contributed by atoms with van der Waals surface area (Å²) in [4.78, 5) is 10.8. The van der Waals surface area contributed by atoms with E-state index in [4.69, 9.17) is 5.11 Å². The number of fused-ring (bicyclic) bond motifs is 1. The van der Waals surface area contributed by atoms with Crippen molar-refractivity contribution in [3.05, 3.63) is 82.9 Å². The van der Waals surface area contributed by atoms with E-state index < -0.39 is 17.7 Å². The molecule has 0 spiro atoms. The van der Waals surface area contributed by atoms with Crippen LogP contribution >= 0.6 is 0 Å². The van der Waals surface area contributed by atoms with E-state index in [-0.39, 0.29) is 36.4 Å². The van der Waals surface area contributed by atoms with Crippen LogP contribution in [0.3, 0.4) is 0 Å². The fraction of sp³-hybridized carbons (Fsp3) is 0.370. The number of benzene rings is 3. The molecule has 0 saturated heterocycles. The van der Waals surface area contributed by atoms with Crippen LogP contribution in [-0.2, 0) is 17.4 Å². The molecule has 1 fully saturated rings. The number of carboxylic acid groups (broad SMARTS) is 1. The molecule has 3 nitrogen and oxygen atoms in total. The molecule has 4 rings (SSSR count). The summed E-state index contributed by atoms with van der Waals surface area (Å²) in [7, 11) is 0. The number of carboxylic acids is 1. The fourth-order valence-electron chi connectivity index (χ4n) is 5.08. The van der Waals surface area contributed by atoms with Gasteiger partial charge in [0.1, 0.15) is 0 Å². The minimum Gasteiger partial charge on any atom is -0.481 e. The Morgan fingerprint density at radius 1 is 1.09 bits per heavy atom. The first-order valence-corrected chi connectivity index (χ1v) is 11.4. The molecule has 6 heteroatoms. The first-order valence-electron chi connectivity index (χ1n) is 11.4. The lowest BCUT2D eigenvalue weighted by atomic mass is 9.92. The first-order chi connectivity index (χ1) is 15.7. The van der Waals surface area contributed by atoms with Crippen LogP contribution in [0.25, 0.3) is 10.8 Å². The van der Waals surface area contributed by atoms with Gasteiger partial charge in [-0.15, -0.1) is 0 Å². The average Bonchev–Trinajstić information content (AvgIpc) is 3.25. The van der Waals surface area contributed by atoms with Crippen LogP contribution in [0.1, 0.15) is 66.8 Å². The molecule has 0 bridgehead atoms. The average molecular weight is 456 g/mol. The summed E-state index contributed by atoms with van der Waals surface area (Å²) in [5.41, 5.74) is 1.25. The van der Waals surface area contributed by atoms with Gasteiger partial charge in [-0.05, 0) is 72.1 Å². The van der Waals surface area contributed by atoms with Crippen LogP contribution in [0.2, 0.25) is 0 Å². The molecule has 3 atom stereocenters. The lowest BCUT2D eigenvalue weighted by molar-refractivity contribution is -0.140. The number of carbonyl (C=O) groups is 1. The second kappa shape index (κ2) is 9.56. The van der Waals surface area contributed by atoms with Crippen molar-refractivity contribution in [2.75, 3.05) is 0 Å². The van der Waals surface area contributed by atoms with Gasteiger partial charge in [-0.1, -0.05) is 54.6 Å². The minimum atomic E-state index is -4.50. The van der Waals surface area contributed by atoms with Gasteiger partial charge in [0.05, 0.1) is 5.56 Å². The van der Waals surface area contributed by atoms with Gasteiger partial charge in [0.15, 0.2) is 0 Å². The quantitative estimate of drug-likeness (QED) is 0.409. The van der Waals surface area contributed by atoms with Crippen molar-refractivity contribution in [1.82, 2.24) is 5.32 Å².